The number of aromatic nitrogens is 3. The fraction of sp³-hybridized carbons (Fsp3) is 0.188. The molecule has 12 heteroatoms. The number of hydrogen-bond acceptors (Lipinski definition) is 7. The first-order valence-corrected chi connectivity index (χ1v) is 13.2. The topological polar surface area (TPSA) is 92.5 Å². The summed E-state index contributed by atoms with van der Waals surface area (Å²) in [5, 5.41) is 0. The van der Waals surface area contributed by atoms with Crippen molar-refractivity contribution < 1.29 is 36.6 Å². The molecule has 0 saturated heterocycles. The summed E-state index contributed by atoms with van der Waals surface area (Å²) in [7, 11) is 2.94. The van der Waals surface area contributed by atoms with Crippen LogP contribution in [-0.4, -0.2) is 40.7 Å². The molecule has 0 amide bonds. The fourth-order valence-electron chi connectivity index (χ4n) is 4.74. The molecular weight excluding hydrogens is 582 g/mol. The molecule has 0 aliphatic heterocycles. The lowest BCUT2D eigenvalue weighted by Gasteiger charge is -2.18. The Hall–Kier alpha value is -5.26. The highest BCUT2D eigenvalue weighted by Crippen LogP contribution is 2.34. The molecule has 0 aliphatic carbocycles. The van der Waals surface area contributed by atoms with Gasteiger partial charge in [0.15, 0.2) is 22.7 Å². The second-order valence-electron chi connectivity index (χ2n) is 9.80. The van der Waals surface area contributed by atoms with Gasteiger partial charge in [0.05, 0.1) is 25.3 Å². The van der Waals surface area contributed by atoms with Gasteiger partial charge in [0.25, 0.3) is 5.88 Å². The van der Waals surface area contributed by atoms with E-state index in [1.807, 2.05) is 0 Å². The Balaban J connectivity index is 1.43. The minimum Gasteiger partial charge on any atom is -0.491 e. The van der Waals surface area contributed by atoms with E-state index in [-0.39, 0.29) is 34.7 Å². The van der Waals surface area contributed by atoms with Crippen LogP contribution in [0.15, 0.2) is 77.9 Å². The maximum Gasteiger partial charge on any atom is 0.406 e. The zero-order chi connectivity index (χ0) is 31.6. The minimum atomic E-state index is -4.61. The number of methoxy groups -OCH3 is 2. The number of carbonyl (C=O) groups excluding carboxylic acids is 1. The summed E-state index contributed by atoms with van der Waals surface area (Å²) in [5.74, 6) is 0.215. The van der Waals surface area contributed by atoms with E-state index in [0.29, 0.717) is 33.8 Å². The molecule has 2 aromatic carbocycles. The first-order chi connectivity index (χ1) is 21.0. The largest absolute Gasteiger partial charge is 0.491 e. The van der Waals surface area contributed by atoms with Crippen LogP contribution >= 0.6 is 0 Å². The third-order valence-electron chi connectivity index (χ3n) is 6.87. The van der Waals surface area contributed by atoms with Gasteiger partial charge < -0.3 is 18.8 Å². The first kappa shape index (κ1) is 30.2. The van der Waals surface area contributed by atoms with Crippen LogP contribution in [0.2, 0.25) is 0 Å². The molecule has 0 fully saturated rings. The number of halogens is 4. The summed E-state index contributed by atoms with van der Waals surface area (Å²) >= 11 is 0. The number of pyridine rings is 3. The van der Waals surface area contributed by atoms with Gasteiger partial charge in [0.2, 0.25) is 0 Å². The van der Waals surface area contributed by atoms with Gasteiger partial charge in [-0.2, -0.15) is 13.2 Å². The number of rotatable bonds is 9. The lowest BCUT2D eigenvalue weighted by Crippen LogP contribution is -2.28. The monoisotopic (exact) mass is 607 g/mol. The quantitative estimate of drug-likeness (QED) is 0.136. The van der Waals surface area contributed by atoms with Crippen molar-refractivity contribution in [3.05, 3.63) is 106 Å². The number of fused-ring (bicyclic) bond motifs is 1. The van der Waals surface area contributed by atoms with Crippen molar-refractivity contribution >= 4 is 16.8 Å². The van der Waals surface area contributed by atoms with Crippen molar-refractivity contribution in [1.82, 2.24) is 14.5 Å². The van der Waals surface area contributed by atoms with Gasteiger partial charge in [0.1, 0.15) is 23.6 Å². The summed E-state index contributed by atoms with van der Waals surface area (Å²) in [6.45, 7) is -0.111. The first-order valence-electron chi connectivity index (χ1n) is 13.2. The molecule has 3 aromatic heterocycles. The number of carbonyl (C=O) groups is 1. The highest BCUT2D eigenvalue weighted by molar-refractivity contribution is 5.99. The summed E-state index contributed by atoms with van der Waals surface area (Å²) < 4.78 is 71.0. The standard InChI is InChI=1S/C32H25F4N3O5/c1-18-28(30(41)23(16-39(18)17-32(34,35)36)20-6-8-21(33)9-7-20)25(40)14-19-4-10-22(11-5-19)44-26-12-13-37-24-15-27(42-2)31(43-3)38-29(24)26/h4-13,15-16H,14,17H2,1-3H3. The van der Waals surface area contributed by atoms with Gasteiger partial charge in [-0.15, -0.1) is 0 Å². The molecule has 0 unspecified atom stereocenters. The molecule has 0 N–H and O–H groups in total. The molecule has 0 spiro atoms. The van der Waals surface area contributed by atoms with E-state index in [1.165, 1.54) is 33.3 Å². The highest BCUT2D eigenvalue weighted by atomic mass is 19.4. The number of ketones is 1. The Kier molecular flexibility index (Phi) is 8.34. The Morgan fingerprint density at radius 3 is 2.30 bits per heavy atom. The van der Waals surface area contributed by atoms with Gasteiger partial charge in [-0.3, -0.25) is 14.6 Å². The zero-order valence-corrected chi connectivity index (χ0v) is 23.7. The smallest absolute Gasteiger partial charge is 0.406 e. The molecule has 0 bridgehead atoms. The van der Waals surface area contributed by atoms with Crippen molar-refractivity contribution in [2.24, 2.45) is 0 Å². The summed E-state index contributed by atoms with van der Waals surface area (Å²) in [6, 6.07) is 14.5. The van der Waals surface area contributed by atoms with Crippen LogP contribution in [0, 0.1) is 12.7 Å². The lowest BCUT2D eigenvalue weighted by molar-refractivity contribution is -0.141. The third kappa shape index (κ3) is 6.38. The molecule has 8 nitrogen and oxygen atoms in total. The average Bonchev–Trinajstić information content (AvgIpc) is 2.99. The molecule has 3 heterocycles. The number of nitrogens with zero attached hydrogens (tertiary/aromatic N) is 3. The van der Waals surface area contributed by atoms with E-state index in [2.05, 4.69) is 9.97 Å². The molecular formula is C32H25F4N3O5. The fourth-order valence-corrected chi connectivity index (χ4v) is 4.74. The molecule has 0 saturated carbocycles. The van der Waals surface area contributed by atoms with Gasteiger partial charge in [-0.05, 0) is 42.3 Å². The maximum atomic E-state index is 13.5. The second-order valence-corrected chi connectivity index (χ2v) is 9.80. The summed E-state index contributed by atoms with van der Waals surface area (Å²) in [6.07, 6.45) is -2.27. The molecule has 44 heavy (non-hydrogen) atoms. The van der Waals surface area contributed by atoms with Crippen LogP contribution in [0.25, 0.3) is 22.2 Å². The SMILES string of the molecule is COc1cc2nccc(Oc3ccc(CC(=O)c4c(C)n(CC(F)(F)F)cc(-c5ccc(F)cc5)c4=O)cc3)c2nc1OC. The van der Waals surface area contributed by atoms with Crippen LogP contribution < -0.4 is 19.6 Å². The summed E-state index contributed by atoms with van der Waals surface area (Å²) in [5.41, 5.74) is 0.271. The van der Waals surface area contributed by atoms with E-state index in [4.69, 9.17) is 14.2 Å². The zero-order valence-electron chi connectivity index (χ0n) is 23.7. The summed E-state index contributed by atoms with van der Waals surface area (Å²) in [4.78, 5) is 35.6. The van der Waals surface area contributed by atoms with E-state index in [0.717, 1.165) is 22.9 Å². The minimum absolute atomic E-state index is 0.118. The Morgan fingerprint density at radius 2 is 1.66 bits per heavy atom. The molecule has 0 aliphatic rings. The van der Waals surface area contributed by atoms with Crippen molar-refractivity contribution in [3.63, 3.8) is 0 Å². The predicted octanol–water partition coefficient (Wildman–Crippen LogP) is 6.70. The van der Waals surface area contributed by atoms with Crippen LogP contribution in [-0.2, 0) is 13.0 Å². The van der Waals surface area contributed by atoms with E-state index < -0.39 is 29.8 Å². The van der Waals surface area contributed by atoms with Gasteiger partial charge in [-0.1, -0.05) is 24.3 Å². The highest BCUT2D eigenvalue weighted by Gasteiger charge is 2.30. The number of hydrogen-bond donors (Lipinski definition) is 0. The van der Waals surface area contributed by atoms with Crippen LogP contribution in [0.5, 0.6) is 23.1 Å². The van der Waals surface area contributed by atoms with Crippen LogP contribution in [0.3, 0.4) is 0 Å². The van der Waals surface area contributed by atoms with Gasteiger partial charge in [-0.25, -0.2) is 9.37 Å². The molecule has 0 atom stereocenters. The van der Waals surface area contributed by atoms with E-state index >= 15 is 0 Å². The third-order valence-corrected chi connectivity index (χ3v) is 6.87. The van der Waals surface area contributed by atoms with E-state index in [1.54, 1.807) is 42.6 Å². The Morgan fingerprint density at radius 1 is 0.955 bits per heavy atom. The van der Waals surface area contributed by atoms with Gasteiger partial charge >= 0.3 is 6.18 Å². The van der Waals surface area contributed by atoms with Crippen molar-refractivity contribution in [1.29, 1.82) is 0 Å². The van der Waals surface area contributed by atoms with Crippen LogP contribution in [0.4, 0.5) is 17.6 Å². The maximum absolute atomic E-state index is 13.5. The Bertz CT molecular complexity index is 1900. The molecule has 5 aromatic rings. The number of benzene rings is 2. The number of Topliss-reactive ketones (excluding diaryl/α,β-unsaturated/α-hetero) is 1. The Labute approximate surface area is 248 Å². The average molecular weight is 608 g/mol. The van der Waals surface area contributed by atoms with Crippen molar-refractivity contribution in [2.75, 3.05) is 14.2 Å². The second kappa shape index (κ2) is 12.2. The molecule has 5 rings (SSSR count). The molecule has 226 valence electrons. The normalized spacial score (nSPS) is 11.4. The van der Waals surface area contributed by atoms with Crippen molar-refractivity contribution in [2.45, 2.75) is 26.1 Å². The number of alkyl halides is 3. The van der Waals surface area contributed by atoms with Crippen LogP contribution in [0.1, 0.15) is 21.6 Å². The van der Waals surface area contributed by atoms with E-state index in [9.17, 15) is 27.2 Å². The van der Waals surface area contributed by atoms with Gasteiger partial charge in [0, 0.05) is 42.2 Å². The molecule has 0 radical (unpaired) electrons. The lowest BCUT2D eigenvalue weighted by atomic mass is 9.97. The predicted molar refractivity (Wildman–Crippen MR) is 154 cm³/mol. The number of ether oxygens (including phenoxy) is 3. The van der Waals surface area contributed by atoms with Crippen molar-refractivity contribution in [3.8, 4) is 34.3 Å².